The standard InChI is InChI=1S/C18H21NOS/c1-12-4-6-13(7-5-12)9-16(20)15-10-14-3-2-8-19-18(14)17(21)11-15/h2-3,8,10-13,21H,4-7,9H2,1H3. The summed E-state index contributed by atoms with van der Waals surface area (Å²) in [5, 5.41) is 0.991. The van der Waals surface area contributed by atoms with Crippen LogP contribution in [-0.4, -0.2) is 10.8 Å². The first-order valence-corrected chi connectivity index (χ1v) is 8.19. The number of rotatable bonds is 3. The van der Waals surface area contributed by atoms with Gasteiger partial charge in [0.25, 0.3) is 0 Å². The Morgan fingerprint density at radius 3 is 2.81 bits per heavy atom. The molecule has 1 fully saturated rings. The number of carbonyl (C=O) groups is 1. The fourth-order valence-corrected chi connectivity index (χ4v) is 3.57. The van der Waals surface area contributed by atoms with Gasteiger partial charge in [0.1, 0.15) is 0 Å². The average Bonchev–Trinajstić information content (AvgIpc) is 2.49. The molecule has 0 amide bonds. The van der Waals surface area contributed by atoms with Gasteiger partial charge in [0.15, 0.2) is 5.78 Å². The predicted octanol–water partition coefficient (Wildman–Crippen LogP) is 4.92. The lowest BCUT2D eigenvalue weighted by atomic mass is 9.80. The van der Waals surface area contributed by atoms with Crippen LogP contribution in [0.4, 0.5) is 0 Å². The van der Waals surface area contributed by atoms with Crippen LogP contribution < -0.4 is 0 Å². The van der Waals surface area contributed by atoms with Gasteiger partial charge in [0, 0.05) is 28.5 Å². The smallest absolute Gasteiger partial charge is 0.163 e. The molecule has 0 spiro atoms. The number of benzene rings is 1. The molecule has 0 bridgehead atoms. The number of aromatic nitrogens is 1. The summed E-state index contributed by atoms with van der Waals surface area (Å²) in [7, 11) is 0. The number of nitrogens with zero attached hydrogens (tertiary/aromatic N) is 1. The van der Waals surface area contributed by atoms with Gasteiger partial charge in [0.05, 0.1) is 5.52 Å². The fraction of sp³-hybridized carbons (Fsp3) is 0.444. The van der Waals surface area contributed by atoms with Crippen LogP contribution in [0.2, 0.25) is 0 Å². The molecule has 0 saturated heterocycles. The van der Waals surface area contributed by atoms with Gasteiger partial charge in [-0.2, -0.15) is 0 Å². The summed E-state index contributed by atoms with van der Waals surface area (Å²) in [4.78, 5) is 17.6. The van der Waals surface area contributed by atoms with Gasteiger partial charge >= 0.3 is 0 Å². The summed E-state index contributed by atoms with van der Waals surface area (Å²) in [5.74, 6) is 1.63. The van der Waals surface area contributed by atoms with Gasteiger partial charge in [-0.1, -0.05) is 25.8 Å². The Kier molecular flexibility index (Phi) is 4.29. The van der Waals surface area contributed by atoms with Crippen LogP contribution in [0, 0.1) is 11.8 Å². The molecule has 110 valence electrons. The quantitative estimate of drug-likeness (QED) is 0.644. The lowest BCUT2D eigenvalue weighted by Gasteiger charge is -2.25. The Balaban J connectivity index is 1.78. The summed E-state index contributed by atoms with van der Waals surface area (Å²) in [5.41, 5.74) is 1.64. The normalized spacial score (nSPS) is 22.4. The molecule has 2 nitrogen and oxygen atoms in total. The molecule has 1 aromatic carbocycles. The van der Waals surface area contributed by atoms with E-state index in [9.17, 15) is 4.79 Å². The van der Waals surface area contributed by atoms with Crippen molar-refractivity contribution in [2.24, 2.45) is 11.8 Å². The molecular weight excluding hydrogens is 278 g/mol. The zero-order valence-electron chi connectivity index (χ0n) is 12.4. The van der Waals surface area contributed by atoms with E-state index < -0.39 is 0 Å². The van der Waals surface area contributed by atoms with Crippen LogP contribution in [-0.2, 0) is 0 Å². The van der Waals surface area contributed by atoms with E-state index in [2.05, 4.69) is 24.5 Å². The highest BCUT2D eigenvalue weighted by Crippen LogP contribution is 2.32. The number of pyridine rings is 1. The topological polar surface area (TPSA) is 30.0 Å². The lowest BCUT2D eigenvalue weighted by Crippen LogP contribution is -2.16. The molecule has 21 heavy (non-hydrogen) atoms. The summed E-state index contributed by atoms with van der Waals surface area (Å²) < 4.78 is 0. The van der Waals surface area contributed by atoms with E-state index in [0.29, 0.717) is 12.3 Å². The van der Waals surface area contributed by atoms with E-state index in [1.807, 2.05) is 24.3 Å². The van der Waals surface area contributed by atoms with Crippen molar-refractivity contribution in [2.75, 3.05) is 0 Å². The van der Waals surface area contributed by atoms with Gasteiger partial charge in [-0.25, -0.2) is 0 Å². The van der Waals surface area contributed by atoms with Crippen molar-refractivity contribution in [3.05, 3.63) is 36.0 Å². The third kappa shape index (κ3) is 3.29. The molecule has 2 aromatic rings. The van der Waals surface area contributed by atoms with E-state index in [-0.39, 0.29) is 5.78 Å². The number of thiol groups is 1. The molecule has 0 N–H and O–H groups in total. The first-order chi connectivity index (χ1) is 10.1. The number of carbonyl (C=O) groups excluding carboxylic acids is 1. The van der Waals surface area contributed by atoms with Crippen LogP contribution >= 0.6 is 12.6 Å². The van der Waals surface area contributed by atoms with Crippen LogP contribution in [0.3, 0.4) is 0 Å². The second-order valence-electron chi connectivity index (χ2n) is 6.32. The SMILES string of the molecule is CC1CCC(CC(=O)c2cc(S)c3ncccc3c2)CC1. The zero-order valence-corrected chi connectivity index (χ0v) is 13.3. The van der Waals surface area contributed by atoms with E-state index in [4.69, 9.17) is 0 Å². The maximum absolute atomic E-state index is 12.5. The van der Waals surface area contributed by atoms with Gasteiger partial charge in [-0.3, -0.25) is 9.78 Å². The Morgan fingerprint density at radius 2 is 2.05 bits per heavy atom. The minimum atomic E-state index is 0.246. The highest BCUT2D eigenvalue weighted by atomic mass is 32.1. The molecule has 1 aromatic heterocycles. The van der Waals surface area contributed by atoms with Crippen molar-refractivity contribution in [1.29, 1.82) is 0 Å². The summed E-state index contributed by atoms with van der Waals surface area (Å²) >= 11 is 4.48. The number of ketones is 1. The van der Waals surface area contributed by atoms with Crippen molar-refractivity contribution in [3.8, 4) is 0 Å². The van der Waals surface area contributed by atoms with E-state index in [1.165, 1.54) is 25.7 Å². The molecule has 3 rings (SSSR count). The second kappa shape index (κ2) is 6.18. The fourth-order valence-electron chi connectivity index (χ4n) is 3.25. The molecule has 0 aliphatic heterocycles. The summed E-state index contributed by atoms with van der Waals surface area (Å²) in [6.45, 7) is 2.31. The highest BCUT2D eigenvalue weighted by molar-refractivity contribution is 7.80. The first kappa shape index (κ1) is 14.6. The minimum Gasteiger partial charge on any atom is -0.294 e. The first-order valence-electron chi connectivity index (χ1n) is 7.74. The van der Waals surface area contributed by atoms with Crippen molar-refractivity contribution < 1.29 is 4.79 Å². The van der Waals surface area contributed by atoms with Gasteiger partial charge < -0.3 is 0 Å². The monoisotopic (exact) mass is 299 g/mol. The van der Waals surface area contributed by atoms with E-state index in [1.54, 1.807) is 6.20 Å². The van der Waals surface area contributed by atoms with Crippen molar-refractivity contribution >= 4 is 29.3 Å². The second-order valence-corrected chi connectivity index (χ2v) is 6.81. The third-order valence-electron chi connectivity index (χ3n) is 4.62. The van der Waals surface area contributed by atoms with Gasteiger partial charge in [0.2, 0.25) is 0 Å². The molecule has 0 radical (unpaired) electrons. The molecule has 0 unspecified atom stereocenters. The molecule has 0 atom stereocenters. The maximum atomic E-state index is 12.5. The molecule has 1 aliphatic rings. The third-order valence-corrected chi connectivity index (χ3v) is 4.96. The van der Waals surface area contributed by atoms with Crippen LogP contribution in [0.1, 0.15) is 49.4 Å². The molecular formula is C18H21NOS. The Hall–Kier alpha value is -1.35. The largest absolute Gasteiger partial charge is 0.294 e. The van der Waals surface area contributed by atoms with Crippen molar-refractivity contribution in [3.63, 3.8) is 0 Å². The Labute approximate surface area is 131 Å². The molecule has 3 heteroatoms. The predicted molar refractivity (Wildman–Crippen MR) is 89.1 cm³/mol. The Morgan fingerprint density at radius 1 is 1.29 bits per heavy atom. The van der Waals surface area contributed by atoms with Gasteiger partial charge in [-0.05, 0) is 42.9 Å². The maximum Gasteiger partial charge on any atom is 0.163 e. The van der Waals surface area contributed by atoms with E-state index in [0.717, 1.165) is 27.3 Å². The number of fused-ring (bicyclic) bond motifs is 1. The molecule has 1 aliphatic carbocycles. The zero-order chi connectivity index (χ0) is 14.8. The molecule has 1 heterocycles. The highest BCUT2D eigenvalue weighted by Gasteiger charge is 2.21. The number of hydrogen-bond acceptors (Lipinski definition) is 3. The van der Waals surface area contributed by atoms with E-state index >= 15 is 0 Å². The average molecular weight is 299 g/mol. The lowest BCUT2D eigenvalue weighted by molar-refractivity contribution is 0.0944. The Bertz CT molecular complexity index is 659. The van der Waals surface area contributed by atoms with Crippen LogP contribution in [0.25, 0.3) is 10.9 Å². The van der Waals surface area contributed by atoms with Crippen molar-refractivity contribution in [1.82, 2.24) is 4.98 Å². The summed E-state index contributed by atoms with van der Waals surface area (Å²) in [6.07, 6.45) is 7.33. The van der Waals surface area contributed by atoms with Gasteiger partial charge in [-0.15, -0.1) is 12.6 Å². The minimum absolute atomic E-state index is 0.246. The number of Topliss-reactive ketones (excluding diaryl/α,β-unsaturated/α-hetero) is 1. The van der Waals surface area contributed by atoms with Crippen molar-refractivity contribution in [2.45, 2.75) is 43.9 Å². The van der Waals surface area contributed by atoms with Crippen LogP contribution in [0.15, 0.2) is 35.4 Å². The molecule has 1 saturated carbocycles. The van der Waals surface area contributed by atoms with Crippen LogP contribution in [0.5, 0.6) is 0 Å². The number of hydrogen-bond donors (Lipinski definition) is 1. The summed E-state index contributed by atoms with van der Waals surface area (Å²) in [6, 6.07) is 7.70.